The fourth-order valence-electron chi connectivity index (χ4n) is 1.72. The second-order valence-electron chi connectivity index (χ2n) is 3.58. The van der Waals surface area contributed by atoms with Crippen molar-refractivity contribution >= 4 is 0 Å². The average molecular weight is 217 g/mol. The van der Waals surface area contributed by atoms with Crippen molar-refractivity contribution in [2.24, 2.45) is 0 Å². The summed E-state index contributed by atoms with van der Waals surface area (Å²) in [5.41, 5.74) is 1.85. The summed E-state index contributed by atoms with van der Waals surface area (Å²) in [4.78, 5) is 4.27. The highest BCUT2D eigenvalue weighted by Gasteiger charge is 2.13. The number of aromatic nitrogens is 1. The second kappa shape index (κ2) is 4.39. The van der Waals surface area contributed by atoms with Crippen LogP contribution in [0.3, 0.4) is 0 Å². The highest BCUT2D eigenvalue weighted by Crippen LogP contribution is 2.32. The predicted molar refractivity (Wildman–Crippen MR) is 62.6 cm³/mol. The predicted octanol–water partition coefficient (Wildman–Crippen LogP) is 3.36. The smallest absolute Gasteiger partial charge is 0.192 e. The summed E-state index contributed by atoms with van der Waals surface area (Å²) in [6.07, 6.45) is 0. The van der Waals surface area contributed by atoms with Gasteiger partial charge in [-0.05, 0) is 26.0 Å². The fourth-order valence-corrected chi connectivity index (χ4v) is 1.72. The Hall–Kier alpha value is -1.77. The summed E-state index contributed by atoms with van der Waals surface area (Å²) in [6.45, 7) is 6.40. The molecule has 3 nitrogen and oxygen atoms in total. The topological polar surface area (TPSA) is 35.3 Å². The normalized spacial score (nSPS) is 10.4. The Kier molecular flexibility index (Phi) is 2.95. The number of aryl methyl sites for hydroxylation is 2. The molecule has 0 aliphatic carbocycles. The van der Waals surface area contributed by atoms with E-state index >= 15 is 0 Å². The van der Waals surface area contributed by atoms with Crippen molar-refractivity contribution in [1.29, 1.82) is 0 Å². The van der Waals surface area contributed by atoms with Crippen molar-refractivity contribution in [3.05, 3.63) is 35.9 Å². The molecule has 0 unspecified atom stereocenters. The van der Waals surface area contributed by atoms with Crippen LogP contribution < -0.4 is 4.74 Å². The lowest BCUT2D eigenvalue weighted by Gasteiger charge is -2.07. The van der Waals surface area contributed by atoms with E-state index in [-0.39, 0.29) is 0 Å². The molecule has 0 saturated carbocycles. The number of ether oxygens (including phenoxy) is 1. The summed E-state index contributed by atoms with van der Waals surface area (Å²) in [6, 6.07) is 7.84. The van der Waals surface area contributed by atoms with Crippen molar-refractivity contribution in [3.8, 4) is 17.1 Å². The zero-order chi connectivity index (χ0) is 11.5. The fraction of sp³-hybridized carbons (Fsp3) is 0.308. The summed E-state index contributed by atoms with van der Waals surface area (Å²) < 4.78 is 11.2. The van der Waals surface area contributed by atoms with Crippen LogP contribution in [0, 0.1) is 13.8 Å². The van der Waals surface area contributed by atoms with E-state index < -0.39 is 0 Å². The Morgan fingerprint density at radius 2 is 2.00 bits per heavy atom. The lowest BCUT2D eigenvalue weighted by Crippen LogP contribution is -1.93. The monoisotopic (exact) mass is 217 g/mol. The number of nitrogens with zero attached hydrogens (tertiary/aromatic N) is 1. The quantitative estimate of drug-likeness (QED) is 0.790. The van der Waals surface area contributed by atoms with E-state index in [4.69, 9.17) is 9.15 Å². The molecular weight excluding hydrogens is 202 g/mol. The van der Waals surface area contributed by atoms with Crippen LogP contribution >= 0.6 is 0 Å². The molecule has 1 heterocycles. The molecule has 0 bridgehead atoms. The lowest BCUT2D eigenvalue weighted by molar-refractivity contribution is 0.340. The number of hydrogen-bond donors (Lipinski definition) is 0. The van der Waals surface area contributed by atoms with Crippen molar-refractivity contribution in [1.82, 2.24) is 4.98 Å². The minimum Gasteiger partial charge on any atom is -0.493 e. The first kappa shape index (κ1) is 10.7. The van der Waals surface area contributed by atoms with Crippen LogP contribution in [0.15, 0.2) is 28.7 Å². The average Bonchev–Trinajstić information content (AvgIpc) is 2.59. The molecule has 0 aliphatic rings. The highest BCUT2D eigenvalue weighted by molar-refractivity contribution is 5.67. The van der Waals surface area contributed by atoms with Crippen LogP contribution in [0.5, 0.6) is 5.75 Å². The number of rotatable bonds is 3. The molecule has 0 N–H and O–H groups in total. The SMILES string of the molecule is CCOc1ccccc1-c1oc(C)nc1C. The maximum atomic E-state index is 5.60. The standard InChI is InChI=1S/C13H15NO2/c1-4-15-12-8-6-5-7-11(12)13-9(2)14-10(3)16-13/h5-8H,4H2,1-3H3. The number of oxazole rings is 1. The van der Waals surface area contributed by atoms with Gasteiger partial charge in [-0.1, -0.05) is 12.1 Å². The number of hydrogen-bond acceptors (Lipinski definition) is 3. The Bertz CT molecular complexity index is 488. The molecule has 0 amide bonds. The third kappa shape index (κ3) is 1.94. The zero-order valence-corrected chi connectivity index (χ0v) is 9.78. The van der Waals surface area contributed by atoms with Crippen molar-refractivity contribution < 1.29 is 9.15 Å². The summed E-state index contributed by atoms with van der Waals surface area (Å²) in [5.74, 6) is 2.31. The molecule has 1 aromatic carbocycles. The molecule has 3 heteroatoms. The minimum atomic E-state index is 0.642. The van der Waals surface area contributed by atoms with Gasteiger partial charge in [0, 0.05) is 6.92 Å². The van der Waals surface area contributed by atoms with Gasteiger partial charge in [-0.25, -0.2) is 4.98 Å². The molecule has 0 radical (unpaired) electrons. The van der Waals surface area contributed by atoms with Gasteiger partial charge >= 0.3 is 0 Å². The van der Waals surface area contributed by atoms with E-state index in [1.54, 1.807) is 0 Å². The van der Waals surface area contributed by atoms with Crippen LogP contribution in [0.1, 0.15) is 18.5 Å². The van der Waals surface area contributed by atoms with Crippen LogP contribution in [-0.2, 0) is 0 Å². The molecule has 0 saturated heterocycles. The van der Waals surface area contributed by atoms with E-state index in [2.05, 4.69) is 4.98 Å². The van der Waals surface area contributed by atoms with E-state index in [0.717, 1.165) is 22.8 Å². The van der Waals surface area contributed by atoms with Gasteiger partial charge in [-0.2, -0.15) is 0 Å². The maximum absolute atomic E-state index is 5.60. The molecule has 0 atom stereocenters. The molecule has 0 spiro atoms. The third-order valence-corrected chi connectivity index (χ3v) is 2.34. The summed E-state index contributed by atoms with van der Waals surface area (Å²) in [5, 5.41) is 0. The Morgan fingerprint density at radius 3 is 2.62 bits per heavy atom. The number of benzene rings is 1. The molecule has 2 rings (SSSR count). The second-order valence-corrected chi connectivity index (χ2v) is 3.58. The van der Waals surface area contributed by atoms with Crippen LogP contribution in [-0.4, -0.2) is 11.6 Å². The summed E-state index contributed by atoms with van der Waals surface area (Å²) in [7, 11) is 0. The van der Waals surface area contributed by atoms with Crippen LogP contribution in [0.25, 0.3) is 11.3 Å². The first-order valence-corrected chi connectivity index (χ1v) is 5.38. The molecule has 0 fully saturated rings. The van der Waals surface area contributed by atoms with E-state index in [1.807, 2.05) is 45.0 Å². The van der Waals surface area contributed by atoms with E-state index in [0.29, 0.717) is 12.5 Å². The summed E-state index contributed by atoms with van der Waals surface area (Å²) >= 11 is 0. The van der Waals surface area contributed by atoms with Crippen molar-refractivity contribution in [3.63, 3.8) is 0 Å². The molecular formula is C13H15NO2. The van der Waals surface area contributed by atoms with Gasteiger partial charge in [-0.3, -0.25) is 0 Å². The Balaban J connectivity index is 2.50. The molecule has 84 valence electrons. The van der Waals surface area contributed by atoms with Gasteiger partial charge in [0.2, 0.25) is 0 Å². The van der Waals surface area contributed by atoms with Gasteiger partial charge < -0.3 is 9.15 Å². The first-order valence-electron chi connectivity index (χ1n) is 5.38. The van der Waals surface area contributed by atoms with Gasteiger partial charge in [0.05, 0.1) is 17.9 Å². The minimum absolute atomic E-state index is 0.642. The van der Waals surface area contributed by atoms with E-state index in [1.165, 1.54) is 0 Å². The Morgan fingerprint density at radius 1 is 1.25 bits per heavy atom. The largest absolute Gasteiger partial charge is 0.493 e. The van der Waals surface area contributed by atoms with Gasteiger partial charge in [0.25, 0.3) is 0 Å². The number of para-hydroxylation sites is 1. The Labute approximate surface area is 95.1 Å². The molecule has 2 aromatic rings. The zero-order valence-electron chi connectivity index (χ0n) is 9.78. The van der Waals surface area contributed by atoms with Crippen LogP contribution in [0.2, 0.25) is 0 Å². The molecule has 1 aromatic heterocycles. The lowest BCUT2D eigenvalue weighted by atomic mass is 10.1. The van der Waals surface area contributed by atoms with Gasteiger partial charge in [-0.15, -0.1) is 0 Å². The van der Waals surface area contributed by atoms with Gasteiger partial charge in [0.1, 0.15) is 5.75 Å². The van der Waals surface area contributed by atoms with Crippen LogP contribution in [0.4, 0.5) is 0 Å². The van der Waals surface area contributed by atoms with Crippen molar-refractivity contribution in [2.75, 3.05) is 6.61 Å². The first-order chi connectivity index (χ1) is 7.72. The maximum Gasteiger partial charge on any atom is 0.192 e. The van der Waals surface area contributed by atoms with Crippen molar-refractivity contribution in [2.45, 2.75) is 20.8 Å². The third-order valence-electron chi connectivity index (χ3n) is 2.34. The van der Waals surface area contributed by atoms with E-state index in [9.17, 15) is 0 Å². The molecule has 0 aliphatic heterocycles. The molecule has 16 heavy (non-hydrogen) atoms. The highest BCUT2D eigenvalue weighted by atomic mass is 16.5. The van der Waals surface area contributed by atoms with Gasteiger partial charge in [0.15, 0.2) is 11.7 Å².